The smallest absolute Gasteiger partial charge is 0.353 e. The average Bonchev–Trinajstić information content (AvgIpc) is 2.83. The monoisotopic (exact) mass is 358 g/mol. The number of amides is 1. The van der Waals surface area contributed by atoms with E-state index >= 15 is 0 Å². The van der Waals surface area contributed by atoms with Crippen molar-refractivity contribution in [3.05, 3.63) is 10.6 Å². The summed E-state index contributed by atoms with van der Waals surface area (Å²) in [6.07, 6.45) is 1.75. The lowest BCUT2D eigenvalue weighted by molar-refractivity contribution is -0.156. The number of carbonyl (C=O) groups is 3. The van der Waals surface area contributed by atoms with Crippen LogP contribution in [0.4, 0.5) is 0 Å². The second kappa shape index (κ2) is 8.00. The number of fused-ring (bicyclic) bond motifs is 1. The number of rotatable bonds is 9. The number of aliphatic carboxylic acids is 1. The van der Waals surface area contributed by atoms with Gasteiger partial charge in [0.25, 0.3) is 0 Å². The normalized spacial score (nSPS) is 23.8. The van der Waals surface area contributed by atoms with E-state index in [0.717, 1.165) is 29.5 Å². The van der Waals surface area contributed by atoms with Crippen LogP contribution in [0.15, 0.2) is 10.6 Å². The van der Waals surface area contributed by atoms with Crippen molar-refractivity contribution in [3.63, 3.8) is 0 Å². The van der Waals surface area contributed by atoms with E-state index in [9.17, 15) is 24.6 Å². The third-order valence-corrected chi connectivity index (χ3v) is 5.37. The maximum atomic E-state index is 12.0. The lowest BCUT2D eigenvalue weighted by Gasteiger charge is -2.43. The Balaban J connectivity index is 1.93. The molecule has 134 valence electrons. The number of esters is 1. The number of aliphatic hydroxyl groups is 1. The van der Waals surface area contributed by atoms with Crippen molar-refractivity contribution in [3.8, 4) is 0 Å². The van der Waals surface area contributed by atoms with E-state index in [1.54, 1.807) is 0 Å². The van der Waals surface area contributed by atoms with Crippen molar-refractivity contribution in [2.24, 2.45) is 11.7 Å². The maximum Gasteiger partial charge on any atom is 0.353 e. The number of carboxylic acids is 1. The fourth-order valence-corrected chi connectivity index (χ4v) is 4.28. The first-order valence-corrected chi connectivity index (χ1v) is 8.76. The number of carboxylic acid groups (broad SMARTS) is 1. The van der Waals surface area contributed by atoms with Crippen LogP contribution >= 0.6 is 11.8 Å². The zero-order chi connectivity index (χ0) is 17.9. The van der Waals surface area contributed by atoms with E-state index in [-0.39, 0.29) is 18.7 Å². The second-order valence-corrected chi connectivity index (χ2v) is 7.03. The molecule has 0 aromatic heterocycles. The predicted molar refractivity (Wildman–Crippen MR) is 86.5 cm³/mol. The molecular formula is C15H22N2O6S. The zero-order valence-electron chi connectivity index (χ0n) is 13.4. The number of thioether (sulfide) groups is 1. The molecule has 4 N–H and O–H groups in total. The third-order valence-electron chi connectivity index (χ3n) is 4.02. The standard InChI is InChI=1S/C15H22N2O6S/c1-8(18)11-13(20)17-12(15(21)22)9(24-14(11)17)7-23-10(19)5-3-2-4-6-16/h8,11,14,18H,2-7,16H2,1H3,(H,21,22)/t8-,11+,14-/m1/s1. The molecule has 2 aliphatic heterocycles. The van der Waals surface area contributed by atoms with Gasteiger partial charge in [0.15, 0.2) is 0 Å². The first kappa shape index (κ1) is 18.8. The summed E-state index contributed by atoms with van der Waals surface area (Å²) in [5.41, 5.74) is 5.23. The molecule has 24 heavy (non-hydrogen) atoms. The zero-order valence-corrected chi connectivity index (χ0v) is 14.3. The molecule has 2 rings (SSSR count). The highest BCUT2D eigenvalue weighted by molar-refractivity contribution is 8.04. The Morgan fingerprint density at radius 1 is 1.38 bits per heavy atom. The number of hydrogen-bond donors (Lipinski definition) is 3. The lowest BCUT2D eigenvalue weighted by atomic mass is 9.92. The van der Waals surface area contributed by atoms with Gasteiger partial charge in [-0.05, 0) is 26.3 Å². The Labute approximate surface area is 144 Å². The van der Waals surface area contributed by atoms with Gasteiger partial charge >= 0.3 is 11.9 Å². The van der Waals surface area contributed by atoms with E-state index in [1.165, 1.54) is 6.92 Å². The van der Waals surface area contributed by atoms with Crippen LogP contribution in [-0.4, -0.2) is 57.6 Å². The molecule has 0 unspecified atom stereocenters. The minimum absolute atomic E-state index is 0.150. The molecular weight excluding hydrogens is 336 g/mol. The lowest BCUT2D eigenvalue weighted by Crippen LogP contribution is -2.60. The molecule has 3 atom stereocenters. The molecule has 0 bridgehead atoms. The van der Waals surface area contributed by atoms with E-state index in [2.05, 4.69) is 0 Å². The van der Waals surface area contributed by atoms with Crippen molar-refractivity contribution >= 4 is 29.6 Å². The van der Waals surface area contributed by atoms with Gasteiger partial charge in [0.1, 0.15) is 17.7 Å². The minimum Gasteiger partial charge on any atom is -0.477 e. The molecule has 1 amide bonds. The molecule has 0 aromatic carbocycles. The van der Waals surface area contributed by atoms with E-state index in [4.69, 9.17) is 10.5 Å². The highest BCUT2D eigenvalue weighted by Crippen LogP contribution is 2.50. The Morgan fingerprint density at radius 3 is 2.67 bits per heavy atom. The summed E-state index contributed by atoms with van der Waals surface area (Å²) in [4.78, 5) is 36.7. The molecule has 0 aromatic rings. The molecule has 1 saturated heterocycles. The number of β-lactam (4-membered cyclic amide) rings is 1. The number of aliphatic hydroxyl groups excluding tert-OH is 1. The largest absolute Gasteiger partial charge is 0.477 e. The number of carbonyl (C=O) groups excluding carboxylic acids is 2. The Hall–Kier alpha value is -1.58. The van der Waals surface area contributed by atoms with Gasteiger partial charge in [0.05, 0.1) is 16.9 Å². The number of nitrogens with two attached hydrogens (primary N) is 1. The average molecular weight is 358 g/mol. The second-order valence-electron chi connectivity index (χ2n) is 5.82. The molecule has 2 aliphatic rings. The molecule has 8 nitrogen and oxygen atoms in total. The van der Waals surface area contributed by atoms with Crippen molar-refractivity contribution in [2.75, 3.05) is 13.2 Å². The summed E-state index contributed by atoms with van der Waals surface area (Å²) in [6, 6.07) is 0. The fraction of sp³-hybridized carbons (Fsp3) is 0.667. The summed E-state index contributed by atoms with van der Waals surface area (Å²) in [6.45, 7) is 1.91. The summed E-state index contributed by atoms with van der Waals surface area (Å²) in [5, 5.41) is 18.5. The van der Waals surface area contributed by atoms with Crippen molar-refractivity contribution < 1.29 is 29.3 Å². The summed E-state index contributed by atoms with van der Waals surface area (Å²) >= 11 is 1.16. The minimum atomic E-state index is -1.24. The van der Waals surface area contributed by atoms with Gasteiger partial charge in [0, 0.05) is 6.42 Å². The topological polar surface area (TPSA) is 130 Å². The first-order chi connectivity index (χ1) is 11.4. The quantitative estimate of drug-likeness (QED) is 0.304. The molecule has 2 heterocycles. The van der Waals surface area contributed by atoms with Gasteiger partial charge in [0.2, 0.25) is 5.91 Å². The number of nitrogens with zero attached hydrogens (tertiary/aromatic N) is 1. The van der Waals surface area contributed by atoms with Gasteiger partial charge in [-0.3, -0.25) is 14.5 Å². The molecule has 0 aliphatic carbocycles. The fourth-order valence-electron chi connectivity index (χ4n) is 2.76. The van der Waals surface area contributed by atoms with Crippen molar-refractivity contribution in [2.45, 2.75) is 44.1 Å². The SMILES string of the molecule is C[C@@H](O)[C@H]1C(=O)N2C(C(=O)O)=C(COC(=O)CCCCCN)S[C@H]12. The molecule has 0 saturated carbocycles. The Kier molecular flexibility index (Phi) is 6.25. The Bertz CT molecular complexity index is 562. The van der Waals surface area contributed by atoms with Gasteiger partial charge < -0.3 is 20.7 Å². The molecule has 0 radical (unpaired) electrons. The van der Waals surface area contributed by atoms with Crippen molar-refractivity contribution in [1.29, 1.82) is 0 Å². The molecule has 0 spiro atoms. The van der Waals surface area contributed by atoms with Crippen LogP contribution in [0.5, 0.6) is 0 Å². The highest BCUT2D eigenvalue weighted by atomic mass is 32.2. The van der Waals surface area contributed by atoms with Crippen LogP contribution < -0.4 is 5.73 Å². The van der Waals surface area contributed by atoms with Gasteiger partial charge in [-0.25, -0.2) is 4.79 Å². The van der Waals surface area contributed by atoms with Gasteiger partial charge in [-0.1, -0.05) is 18.2 Å². The van der Waals surface area contributed by atoms with E-state index in [0.29, 0.717) is 17.9 Å². The summed E-state index contributed by atoms with van der Waals surface area (Å²) < 4.78 is 5.13. The first-order valence-electron chi connectivity index (χ1n) is 7.88. The summed E-state index contributed by atoms with van der Waals surface area (Å²) in [5.74, 6) is -2.69. The highest BCUT2D eigenvalue weighted by Gasteiger charge is 2.57. The van der Waals surface area contributed by atoms with Crippen LogP contribution in [-0.2, 0) is 19.1 Å². The van der Waals surface area contributed by atoms with Crippen LogP contribution in [0.3, 0.4) is 0 Å². The predicted octanol–water partition coefficient (Wildman–Crippen LogP) is 0.257. The van der Waals surface area contributed by atoms with Crippen LogP contribution in [0, 0.1) is 5.92 Å². The van der Waals surface area contributed by atoms with Gasteiger partial charge in [-0.15, -0.1) is 0 Å². The van der Waals surface area contributed by atoms with E-state index in [1.807, 2.05) is 0 Å². The van der Waals surface area contributed by atoms with Crippen LogP contribution in [0.2, 0.25) is 0 Å². The van der Waals surface area contributed by atoms with Gasteiger partial charge in [-0.2, -0.15) is 0 Å². The molecule has 9 heteroatoms. The van der Waals surface area contributed by atoms with Crippen LogP contribution in [0.1, 0.15) is 32.6 Å². The number of hydrogen-bond acceptors (Lipinski definition) is 7. The third kappa shape index (κ3) is 3.73. The summed E-state index contributed by atoms with van der Waals surface area (Å²) in [7, 11) is 0. The van der Waals surface area contributed by atoms with Crippen LogP contribution in [0.25, 0.3) is 0 Å². The Morgan fingerprint density at radius 2 is 2.08 bits per heavy atom. The maximum absolute atomic E-state index is 12.0. The van der Waals surface area contributed by atoms with E-state index < -0.39 is 35.2 Å². The van der Waals surface area contributed by atoms with Crippen molar-refractivity contribution in [1.82, 2.24) is 4.90 Å². The number of ether oxygens (including phenoxy) is 1. The number of unbranched alkanes of at least 4 members (excludes halogenated alkanes) is 2. The molecule has 1 fully saturated rings.